The largest absolute Gasteiger partial charge is 0.361 e. The third-order valence-electron chi connectivity index (χ3n) is 4.02. The lowest BCUT2D eigenvalue weighted by molar-refractivity contribution is 0.0838. The number of nitrogens with zero attached hydrogens (tertiary/aromatic N) is 2. The molecule has 0 spiro atoms. The van der Waals surface area contributed by atoms with Crippen molar-refractivity contribution < 1.29 is 8.95 Å². The smallest absolute Gasteiger partial charge is 0.124 e. The van der Waals surface area contributed by atoms with Gasteiger partial charge in [0.2, 0.25) is 0 Å². The molecule has 0 radical (unpaired) electrons. The Morgan fingerprint density at radius 3 is 2.39 bits per heavy atom. The second-order valence-electron chi connectivity index (χ2n) is 5.76. The van der Waals surface area contributed by atoms with E-state index in [2.05, 4.69) is 6.07 Å². The van der Waals surface area contributed by atoms with E-state index in [4.69, 9.17) is 39.5 Å². The zero-order valence-corrected chi connectivity index (χ0v) is 17.9. The monoisotopic (exact) mass is 452 g/mol. The van der Waals surface area contributed by atoms with Crippen molar-refractivity contribution in [1.29, 1.82) is 5.26 Å². The third-order valence-corrected chi connectivity index (χ3v) is 6.41. The van der Waals surface area contributed by atoms with Gasteiger partial charge in [0.1, 0.15) is 28.6 Å². The Morgan fingerprint density at radius 1 is 1.07 bits per heavy atom. The highest BCUT2D eigenvalue weighted by molar-refractivity contribution is 7.85. The molecule has 0 bridgehead atoms. The van der Waals surface area contributed by atoms with E-state index >= 15 is 0 Å². The number of hydrogen-bond acceptors (Lipinski definition) is 3. The van der Waals surface area contributed by atoms with Crippen LogP contribution in [0.3, 0.4) is 0 Å². The first-order valence-electron chi connectivity index (χ1n) is 8.30. The maximum absolute atomic E-state index is 13.3. The second kappa shape index (κ2) is 9.13. The van der Waals surface area contributed by atoms with Crippen LogP contribution in [-0.4, -0.2) is 15.4 Å². The number of hydrogen-bond donors (Lipinski definition) is 0. The Bertz CT molecular complexity index is 1070. The maximum atomic E-state index is 13.3. The Balaban J connectivity index is 2.17. The summed E-state index contributed by atoms with van der Waals surface area (Å²) in [6.45, 7) is 2.49. The number of nitriles is 1. The predicted octanol–water partition coefficient (Wildman–Crippen LogP) is 6.15. The molecule has 0 N–H and O–H groups in total. The topological polar surface area (TPSA) is 55.0 Å². The van der Waals surface area contributed by atoms with Crippen molar-refractivity contribution in [3.05, 3.63) is 69.2 Å². The van der Waals surface area contributed by atoms with Crippen LogP contribution in [0.5, 0.6) is 0 Å². The number of halogens is 3. The molecule has 0 aliphatic heterocycles. The molecule has 1 heterocycles. The van der Waals surface area contributed by atoms with Gasteiger partial charge < -0.3 is 9.30 Å². The van der Waals surface area contributed by atoms with Gasteiger partial charge in [0.05, 0.1) is 21.3 Å². The summed E-state index contributed by atoms with van der Waals surface area (Å²) in [7, 11) is -1.59. The summed E-state index contributed by atoms with van der Waals surface area (Å²) in [4.78, 5) is 0.483. The van der Waals surface area contributed by atoms with Gasteiger partial charge in [-0.05, 0) is 48.9 Å². The molecule has 1 atom stereocenters. The van der Waals surface area contributed by atoms with E-state index in [-0.39, 0.29) is 6.73 Å². The van der Waals surface area contributed by atoms with E-state index in [1.807, 2.05) is 19.1 Å². The fraction of sp³-hybridized carbons (Fsp3) is 0.150. The SMILES string of the molecule is CCOCn1c(S(=O)c2ccc(Cl)c(Cl)c2)cc(C#N)c1-c1ccc(Cl)cc1. The van der Waals surface area contributed by atoms with Crippen LogP contribution in [-0.2, 0) is 22.3 Å². The molecule has 4 nitrogen and oxygen atoms in total. The standard InChI is InChI=1S/C20H15Cl3N2O2S/c1-2-27-12-25-19(28(26)16-7-8-17(22)18(23)10-16)9-14(11-24)20(25)13-3-5-15(21)6-4-13/h3-10H,2,12H2,1H3. The normalized spacial score (nSPS) is 12.0. The van der Waals surface area contributed by atoms with Crippen molar-refractivity contribution >= 4 is 45.6 Å². The summed E-state index contributed by atoms with van der Waals surface area (Å²) in [6, 6.07) is 15.7. The summed E-state index contributed by atoms with van der Waals surface area (Å²) in [5.74, 6) is 0. The van der Waals surface area contributed by atoms with Gasteiger partial charge in [0.25, 0.3) is 0 Å². The summed E-state index contributed by atoms with van der Waals surface area (Å²) in [5, 5.41) is 11.4. The van der Waals surface area contributed by atoms with E-state index in [0.717, 1.165) is 5.56 Å². The van der Waals surface area contributed by atoms with Crippen molar-refractivity contribution in [3.63, 3.8) is 0 Å². The molecule has 0 fully saturated rings. The van der Waals surface area contributed by atoms with Crippen molar-refractivity contribution in [2.45, 2.75) is 23.6 Å². The lowest BCUT2D eigenvalue weighted by atomic mass is 10.1. The minimum Gasteiger partial charge on any atom is -0.361 e. The molecule has 3 rings (SSSR count). The van der Waals surface area contributed by atoms with Crippen molar-refractivity contribution in [1.82, 2.24) is 4.57 Å². The van der Waals surface area contributed by atoms with Crippen LogP contribution in [0.1, 0.15) is 12.5 Å². The minimum atomic E-state index is -1.59. The molecule has 0 amide bonds. The van der Waals surface area contributed by atoms with E-state index < -0.39 is 10.8 Å². The maximum Gasteiger partial charge on any atom is 0.124 e. The van der Waals surface area contributed by atoms with Crippen molar-refractivity contribution in [2.75, 3.05) is 6.61 Å². The van der Waals surface area contributed by atoms with Gasteiger partial charge >= 0.3 is 0 Å². The third kappa shape index (κ3) is 4.27. The quantitative estimate of drug-likeness (QED) is 0.450. The van der Waals surface area contributed by atoms with E-state index in [9.17, 15) is 9.47 Å². The average molecular weight is 454 g/mol. The van der Waals surface area contributed by atoms with Gasteiger partial charge in [0, 0.05) is 16.5 Å². The van der Waals surface area contributed by atoms with Gasteiger partial charge in [-0.1, -0.05) is 46.9 Å². The van der Waals surface area contributed by atoms with E-state index in [1.165, 1.54) is 0 Å². The fourth-order valence-electron chi connectivity index (χ4n) is 2.71. The Kier molecular flexibility index (Phi) is 6.82. The predicted molar refractivity (Wildman–Crippen MR) is 112 cm³/mol. The molecule has 3 aromatic rings. The summed E-state index contributed by atoms with van der Waals surface area (Å²) in [6.07, 6.45) is 0. The molecule has 0 aliphatic carbocycles. The van der Waals surface area contributed by atoms with Gasteiger partial charge in [0.15, 0.2) is 0 Å². The highest BCUT2D eigenvalue weighted by Gasteiger charge is 2.22. The van der Waals surface area contributed by atoms with Crippen LogP contribution in [0, 0.1) is 11.3 Å². The van der Waals surface area contributed by atoms with Crippen LogP contribution in [0.4, 0.5) is 0 Å². The molecule has 8 heteroatoms. The minimum absolute atomic E-state index is 0.151. The first-order valence-corrected chi connectivity index (χ1v) is 10.6. The van der Waals surface area contributed by atoms with Crippen molar-refractivity contribution in [3.8, 4) is 17.3 Å². The molecule has 0 saturated carbocycles. The zero-order chi connectivity index (χ0) is 20.3. The fourth-order valence-corrected chi connectivity index (χ4v) is 4.42. The van der Waals surface area contributed by atoms with Gasteiger partial charge in [-0.3, -0.25) is 0 Å². The molecule has 0 saturated heterocycles. The number of benzene rings is 2. The van der Waals surface area contributed by atoms with Crippen LogP contribution in [0.15, 0.2) is 58.5 Å². The second-order valence-corrected chi connectivity index (χ2v) is 8.44. The lowest BCUT2D eigenvalue weighted by Crippen LogP contribution is -2.09. The van der Waals surface area contributed by atoms with E-state index in [0.29, 0.717) is 42.9 Å². The molecule has 1 unspecified atom stereocenters. The summed E-state index contributed by atoms with van der Waals surface area (Å²) in [5.41, 5.74) is 1.79. The Morgan fingerprint density at radius 2 is 1.79 bits per heavy atom. The molecular formula is C20H15Cl3N2O2S. The molecule has 2 aromatic carbocycles. The average Bonchev–Trinajstić information content (AvgIpc) is 3.07. The van der Waals surface area contributed by atoms with Gasteiger partial charge in [-0.2, -0.15) is 5.26 Å². The molecular weight excluding hydrogens is 439 g/mol. The first kappa shape index (κ1) is 20.9. The highest BCUT2D eigenvalue weighted by Crippen LogP contribution is 2.33. The lowest BCUT2D eigenvalue weighted by Gasteiger charge is -2.14. The summed E-state index contributed by atoms with van der Waals surface area (Å²) < 4.78 is 20.6. The zero-order valence-electron chi connectivity index (χ0n) is 14.8. The Labute approximate surface area is 180 Å². The Hall–Kier alpha value is -1.81. The van der Waals surface area contributed by atoms with Gasteiger partial charge in [-0.15, -0.1) is 0 Å². The van der Waals surface area contributed by atoms with Crippen LogP contribution in [0.25, 0.3) is 11.3 Å². The first-order chi connectivity index (χ1) is 13.5. The molecule has 0 aliphatic rings. The number of aromatic nitrogens is 1. The van der Waals surface area contributed by atoms with Crippen LogP contribution in [0.2, 0.25) is 15.1 Å². The number of rotatable bonds is 6. The van der Waals surface area contributed by atoms with Crippen LogP contribution >= 0.6 is 34.8 Å². The van der Waals surface area contributed by atoms with Gasteiger partial charge in [-0.25, -0.2) is 4.21 Å². The number of ether oxygens (including phenoxy) is 1. The summed E-state index contributed by atoms with van der Waals surface area (Å²) >= 11 is 18.0. The van der Waals surface area contributed by atoms with E-state index in [1.54, 1.807) is 41.0 Å². The highest BCUT2D eigenvalue weighted by atomic mass is 35.5. The molecule has 144 valence electrons. The molecule has 28 heavy (non-hydrogen) atoms. The van der Waals surface area contributed by atoms with Crippen molar-refractivity contribution in [2.24, 2.45) is 0 Å². The molecule has 1 aromatic heterocycles. The van der Waals surface area contributed by atoms with Crippen LogP contribution < -0.4 is 0 Å².